The Balaban J connectivity index is 1.94. The molecule has 0 amide bonds. The zero-order chi connectivity index (χ0) is 10.8. The number of pyridine rings is 1. The maximum Gasteiger partial charge on any atom is 0.0551 e. The van der Waals surface area contributed by atoms with E-state index in [2.05, 4.69) is 32.9 Å². The number of nitrogens with zero attached hydrogens (tertiary/aromatic N) is 2. The van der Waals surface area contributed by atoms with Crippen molar-refractivity contribution in [2.24, 2.45) is 0 Å². The first-order valence-electron chi connectivity index (χ1n) is 4.93. The van der Waals surface area contributed by atoms with Crippen molar-refractivity contribution in [3.8, 4) is 0 Å². The van der Waals surface area contributed by atoms with E-state index in [-0.39, 0.29) is 0 Å². The monoisotopic (exact) mass is 227 g/mol. The van der Waals surface area contributed by atoms with Crippen molar-refractivity contribution in [2.75, 3.05) is 5.32 Å². The molecule has 78 valence electrons. The first kappa shape index (κ1) is 9.30. The molecule has 0 atom stereocenters. The summed E-state index contributed by atoms with van der Waals surface area (Å²) in [6.07, 6.45) is 5.43. The molecule has 1 aromatic carbocycles. The van der Waals surface area contributed by atoms with E-state index in [1.54, 1.807) is 12.4 Å². The third kappa shape index (κ3) is 1.75. The van der Waals surface area contributed by atoms with Gasteiger partial charge in [-0.05, 0) is 41.9 Å². The highest BCUT2D eigenvalue weighted by Crippen LogP contribution is 2.23. The fourth-order valence-electron chi connectivity index (χ4n) is 1.55. The molecule has 3 nitrogen and oxygen atoms in total. The number of nitrogens with one attached hydrogen (secondary N) is 1. The molecule has 0 fully saturated rings. The van der Waals surface area contributed by atoms with Crippen molar-refractivity contribution >= 4 is 33.0 Å². The summed E-state index contributed by atoms with van der Waals surface area (Å²) in [5.74, 6) is 0. The average Bonchev–Trinajstić information content (AvgIpc) is 2.77. The largest absolute Gasteiger partial charge is 0.355 e. The summed E-state index contributed by atoms with van der Waals surface area (Å²) in [7, 11) is 0. The van der Waals surface area contributed by atoms with Crippen molar-refractivity contribution in [3.63, 3.8) is 0 Å². The Morgan fingerprint density at radius 3 is 2.75 bits per heavy atom. The zero-order valence-electron chi connectivity index (χ0n) is 8.42. The lowest BCUT2D eigenvalue weighted by molar-refractivity contribution is 1.33. The quantitative estimate of drug-likeness (QED) is 0.728. The number of aromatic nitrogens is 2. The second kappa shape index (κ2) is 3.90. The molecule has 4 heteroatoms. The molecular formula is C12H9N3S. The van der Waals surface area contributed by atoms with Crippen molar-refractivity contribution in [1.82, 2.24) is 9.36 Å². The van der Waals surface area contributed by atoms with E-state index in [4.69, 9.17) is 0 Å². The van der Waals surface area contributed by atoms with E-state index in [9.17, 15) is 0 Å². The number of anilines is 2. The van der Waals surface area contributed by atoms with Gasteiger partial charge in [0.1, 0.15) is 0 Å². The van der Waals surface area contributed by atoms with Gasteiger partial charge in [-0.1, -0.05) is 0 Å². The van der Waals surface area contributed by atoms with E-state index < -0.39 is 0 Å². The van der Waals surface area contributed by atoms with E-state index in [0.717, 1.165) is 11.4 Å². The molecule has 0 unspecified atom stereocenters. The van der Waals surface area contributed by atoms with E-state index in [1.165, 1.54) is 21.6 Å². The smallest absolute Gasteiger partial charge is 0.0551 e. The summed E-state index contributed by atoms with van der Waals surface area (Å²) in [4.78, 5) is 3.98. The summed E-state index contributed by atoms with van der Waals surface area (Å²) < 4.78 is 5.36. The van der Waals surface area contributed by atoms with Gasteiger partial charge in [-0.2, -0.15) is 4.37 Å². The summed E-state index contributed by atoms with van der Waals surface area (Å²) in [5.41, 5.74) is 2.11. The van der Waals surface area contributed by atoms with Crippen LogP contribution in [0.4, 0.5) is 11.4 Å². The van der Waals surface area contributed by atoms with Gasteiger partial charge in [0.2, 0.25) is 0 Å². The van der Waals surface area contributed by atoms with Gasteiger partial charge in [-0.25, -0.2) is 0 Å². The van der Waals surface area contributed by atoms with E-state index >= 15 is 0 Å². The van der Waals surface area contributed by atoms with Crippen molar-refractivity contribution in [1.29, 1.82) is 0 Å². The summed E-state index contributed by atoms with van der Waals surface area (Å²) in [6, 6.07) is 10.1. The third-order valence-corrected chi connectivity index (χ3v) is 3.10. The number of hydrogen-bond donors (Lipinski definition) is 1. The zero-order valence-corrected chi connectivity index (χ0v) is 9.24. The van der Waals surface area contributed by atoms with Crippen LogP contribution in [0, 0.1) is 0 Å². The lowest BCUT2D eigenvalue weighted by atomic mass is 10.2. The number of fused-ring (bicyclic) bond motifs is 1. The van der Waals surface area contributed by atoms with Crippen molar-refractivity contribution in [2.45, 2.75) is 0 Å². The highest BCUT2D eigenvalue weighted by Gasteiger charge is 1.98. The van der Waals surface area contributed by atoms with E-state index in [0.29, 0.717) is 0 Å². The van der Waals surface area contributed by atoms with Crippen LogP contribution in [-0.4, -0.2) is 9.36 Å². The van der Waals surface area contributed by atoms with Crippen LogP contribution in [0.15, 0.2) is 48.9 Å². The van der Waals surface area contributed by atoms with Gasteiger partial charge in [-0.15, -0.1) is 0 Å². The minimum absolute atomic E-state index is 1.04. The highest BCUT2D eigenvalue weighted by atomic mass is 32.1. The molecule has 0 aliphatic heterocycles. The molecule has 0 aliphatic carbocycles. The van der Waals surface area contributed by atoms with Crippen LogP contribution in [0.5, 0.6) is 0 Å². The van der Waals surface area contributed by atoms with Gasteiger partial charge in [-0.3, -0.25) is 4.98 Å². The molecule has 0 aliphatic rings. The average molecular weight is 227 g/mol. The van der Waals surface area contributed by atoms with Gasteiger partial charge < -0.3 is 5.32 Å². The lowest BCUT2D eigenvalue weighted by Crippen LogP contribution is -1.89. The van der Waals surface area contributed by atoms with Gasteiger partial charge in [0, 0.05) is 35.4 Å². The van der Waals surface area contributed by atoms with Crippen molar-refractivity contribution in [3.05, 3.63) is 48.9 Å². The highest BCUT2D eigenvalue weighted by molar-refractivity contribution is 7.13. The van der Waals surface area contributed by atoms with Crippen LogP contribution < -0.4 is 5.32 Å². The fraction of sp³-hybridized carbons (Fsp3) is 0. The molecule has 3 aromatic rings. The molecule has 0 radical (unpaired) electrons. The molecule has 2 aromatic heterocycles. The number of hydrogen-bond acceptors (Lipinski definition) is 4. The molecule has 0 saturated carbocycles. The Hall–Kier alpha value is -1.94. The molecular weight excluding hydrogens is 218 g/mol. The lowest BCUT2D eigenvalue weighted by Gasteiger charge is -2.05. The van der Waals surface area contributed by atoms with Crippen LogP contribution in [0.1, 0.15) is 0 Å². The normalized spacial score (nSPS) is 10.5. The molecule has 1 N–H and O–H groups in total. The van der Waals surface area contributed by atoms with Gasteiger partial charge in [0.25, 0.3) is 0 Å². The first-order chi connectivity index (χ1) is 7.92. The van der Waals surface area contributed by atoms with Crippen LogP contribution in [0.25, 0.3) is 10.1 Å². The summed E-state index contributed by atoms with van der Waals surface area (Å²) in [5, 5.41) is 4.49. The van der Waals surface area contributed by atoms with E-state index in [1.807, 2.05) is 18.3 Å². The first-order valence-corrected chi connectivity index (χ1v) is 5.71. The number of benzene rings is 1. The molecule has 0 spiro atoms. The Morgan fingerprint density at radius 2 is 1.88 bits per heavy atom. The predicted molar refractivity (Wildman–Crippen MR) is 67.1 cm³/mol. The minimum Gasteiger partial charge on any atom is -0.355 e. The maximum absolute atomic E-state index is 4.15. The van der Waals surface area contributed by atoms with Crippen LogP contribution in [0.2, 0.25) is 0 Å². The molecule has 0 bridgehead atoms. The fourth-order valence-corrected chi connectivity index (χ4v) is 2.18. The number of rotatable bonds is 2. The van der Waals surface area contributed by atoms with Gasteiger partial charge in [0.05, 0.1) is 4.70 Å². The van der Waals surface area contributed by atoms with Crippen LogP contribution >= 0.6 is 11.5 Å². The molecule has 2 heterocycles. The van der Waals surface area contributed by atoms with Crippen LogP contribution in [0.3, 0.4) is 0 Å². The van der Waals surface area contributed by atoms with Gasteiger partial charge in [0.15, 0.2) is 0 Å². The third-order valence-electron chi connectivity index (χ3n) is 2.32. The van der Waals surface area contributed by atoms with Crippen LogP contribution in [-0.2, 0) is 0 Å². The second-order valence-electron chi connectivity index (χ2n) is 3.44. The van der Waals surface area contributed by atoms with Gasteiger partial charge >= 0.3 is 0 Å². The molecule has 16 heavy (non-hydrogen) atoms. The summed E-state index contributed by atoms with van der Waals surface area (Å²) >= 11 is 1.51. The predicted octanol–water partition coefficient (Wildman–Crippen LogP) is 3.43. The standard InChI is InChI=1S/C12H9N3S/c1-2-12-9(8-14-16-12)7-11(1)15-10-3-5-13-6-4-10/h1-8H,(H,13,15). The topological polar surface area (TPSA) is 37.8 Å². The molecule has 3 rings (SSSR count). The Morgan fingerprint density at radius 1 is 1.00 bits per heavy atom. The SMILES string of the molecule is c1cc(Nc2ccc3sncc3c2)ccn1. The van der Waals surface area contributed by atoms with Crippen molar-refractivity contribution < 1.29 is 0 Å². The molecule has 0 saturated heterocycles. The minimum atomic E-state index is 1.04. The maximum atomic E-state index is 4.15. The Bertz CT molecular complexity index is 604. The Kier molecular flexibility index (Phi) is 2.27. The Labute approximate surface area is 96.9 Å². The summed E-state index contributed by atoms with van der Waals surface area (Å²) in [6.45, 7) is 0. The second-order valence-corrected chi connectivity index (χ2v) is 4.27.